The molecule has 28 heavy (non-hydrogen) atoms. The number of esters is 1. The zero-order chi connectivity index (χ0) is 20.5. The molecule has 1 heterocycles. The molecule has 5 nitrogen and oxygen atoms in total. The first kappa shape index (κ1) is 20.4. The molecule has 0 unspecified atom stereocenters. The Morgan fingerprint density at radius 3 is 2.57 bits per heavy atom. The van der Waals surface area contributed by atoms with Crippen molar-refractivity contribution in [3.8, 4) is 17.4 Å². The molecule has 0 N–H and O–H groups in total. The fraction of sp³-hybridized carbons (Fsp3) is 0.429. The molecule has 1 aliphatic rings. The number of ether oxygens (including phenoxy) is 3. The first-order valence-corrected chi connectivity index (χ1v) is 9.58. The van der Waals surface area contributed by atoms with Crippen LogP contribution >= 0.6 is 11.6 Å². The zero-order valence-corrected chi connectivity index (χ0v) is 17.1. The first-order chi connectivity index (χ1) is 13.2. The van der Waals surface area contributed by atoms with Crippen molar-refractivity contribution < 1.29 is 23.4 Å². The number of hydrogen-bond acceptors (Lipinski definition) is 5. The van der Waals surface area contributed by atoms with Gasteiger partial charge in [0, 0.05) is 12.1 Å². The van der Waals surface area contributed by atoms with Gasteiger partial charge < -0.3 is 14.2 Å². The largest absolute Gasteiger partial charge is 0.477 e. The number of benzene rings is 1. The molecule has 1 aliphatic carbocycles. The van der Waals surface area contributed by atoms with E-state index in [1.165, 1.54) is 18.3 Å². The minimum Gasteiger partial charge on any atom is -0.477 e. The maximum Gasteiger partial charge on any atom is 0.341 e. The standard InChI is InChI=1S/C21H23ClFNO4/c1-5-26-19-16(22)8-13(11-24-19)27-18-10-17(23)15(9-14(18)12-6-7-12)20(25)28-21(2,3)4/h8-12H,5-7H2,1-4H3. The Balaban J connectivity index is 1.90. The fourth-order valence-electron chi connectivity index (χ4n) is 2.70. The first-order valence-electron chi connectivity index (χ1n) is 9.21. The van der Waals surface area contributed by atoms with E-state index in [2.05, 4.69) is 4.98 Å². The van der Waals surface area contributed by atoms with E-state index in [4.69, 9.17) is 25.8 Å². The highest BCUT2D eigenvalue weighted by atomic mass is 35.5. The molecule has 2 aromatic rings. The Labute approximate surface area is 168 Å². The smallest absolute Gasteiger partial charge is 0.341 e. The molecule has 0 spiro atoms. The summed E-state index contributed by atoms with van der Waals surface area (Å²) in [7, 11) is 0. The molecule has 0 atom stereocenters. The number of hydrogen-bond donors (Lipinski definition) is 0. The van der Waals surface area contributed by atoms with Crippen molar-refractivity contribution in [2.24, 2.45) is 0 Å². The zero-order valence-electron chi connectivity index (χ0n) is 16.3. The molecule has 7 heteroatoms. The summed E-state index contributed by atoms with van der Waals surface area (Å²) in [4.78, 5) is 16.5. The Morgan fingerprint density at radius 1 is 1.29 bits per heavy atom. The topological polar surface area (TPSA) is 57.7 Å². The lowest BCUT2D eigenvalue weighted by Crippen LogP contribution is -2.24. The summed E-state index contributed by atoms with van der Waals surface area (Å²) in [6.07, 6.45) is 3.38. The average molecular weight is 408 g/mol. The SMILES string of the molecule is CCOc1ncc(Oc2cc(F)c(C(=O)OC(C)(C)C)cc2C2CC2)cc1Cl. The van der Waals surface area contributed by atoms with Crippen molar-refractivity contribution in [2.45, 2.75) is 52.1 Å². The van der Waals surface area contributed by atoms with Crippen LogP contribution < -0.4 is 9.47 Å². The molecule has 0 amide bonds. The van der Waals surface area contributed by atoms with E-state index in [0.717, 1.165) is 18.4 Å². The predicted molar refractivity (Wildman–Crippen MR) is 104 cm³/mol. The maximum absolute atomic E-state index is 14.6. The highest BCUT2D eigenvalue weighted by molar-refractivity contribution is 6.31. The van der Waals surface area contributed by atoms with Gasteiger partial charge in [-0.1, -0.05) is 11.6 Å². The lowest BCUT2D eigenvalue weighted by atomic mass is 10.0. The lowest BCUT2D eigenvalue weighted by molar-refractivity contribution is 0.00645. The van der Waals surface area contributed by atoms with Gasteiger partial charge in [-0.2, -0.15) is 0 Å². The van der Waals surface area contributed by atoms with Crippen LogP contribution in [0, 0.1) is 5.82 Å². The van der Waals surface area contributed by atoms with Crippen LogP contribution in [0.5, 0.6) is 17.4 Å². The van der Waals surface area contributed by atoms with E-state index in [-0.39, 0.29) is 11.5 Å². The molecule has 0 saturated heterocycles. The molecule has 1 aromatic carbocycles. The maximum atomic E-state index is 14.6. The third-order valence-electron chi connectivity index (χ3n) is 4.03. The lowest BCUT2D eigenvalue weighted by Gasteiger charge is -2.20. The van der Waals surface area contributed by atoms with Crippen molar-refractivity contribution in [2.75, 3.05) is 6.61 Å². The van der Waals surface area contributed by atoms with E-state index in [1.807, 2.05) is 6.92 Å². The monoisotopic (exact) mass is 407 g/mol. The van der Waals surface area contributed by atoms with Gasteiger partial charge in [0.25, 0.3) is 0 Å². The number of carbonyl (C=O) groups is 1. The number of carbonyl (C=O) groups excluding carboxylic acids is 1. The second kappa shape index (κ2) is 7.95. The van der Waals surface area contributed by atoms with Crippen LogP contribution in [0.15, 0.2) is 24.4 Å². The van der Waals surface area contributed by atoms with E-state index in [1.54, 1.807) is 26.8 Å². The molecule has 1 fully saturated rings. The summed E-state index contributed by atoms with van der Waals surface area (Å²) in [6, 6.07) is 4.31. The Hall–Kier alpha value is -2.34. The fourth-order valence-corrected chi connectivity index (χ4v) is 2.91. The van der Waals surface area contributed by atoms with Gasteiger partial charge in [-0.25, -0.2) is 14.2 Å². The number of halogens is 2. The van der Waals surface area contributed by atoms with Crippen molar-refractivity contribution in [1.29, 1.82) is 0 Å². The third kappa shape index (κ3) is 4.93. The second-order valence-corrected chi connectivity index (χ2v) is 8.05. The van der Waals surface area contributed by atoms with E-state index >= 15 is 0 Å². The minimum absolute atomic E-state index is 0.0907. The number of aromatic nitrogens is 1. The molecular formula is C21H23ClFNO4. The van der Waals surface area contributed by atoms with Gasteiger partial charge in [0.1, 0.15) is 27.9 Å². The van der Waals surface area contributed by atoms with Crippen molar-refractivity contribution in [1.82, 2.24) is 4.98 Å². The van der Waals surface area contributed by atoms with E-state index in [9.17, 15) is 9.18 Å². The van der Waals surface area contributed by atoms with Crippen LogP contribution in [0.25, 0.3) is 0 Å². The summed E-state index contributed by atoms with van der Waals surface area (Å²) >= 11 is 6.15. The number of rotatable bonds is 6. The van der Waals surface area contributed by atoms with Crippen LogP contribution in [0.3, 0.4) is 0 Å². The van der Waals surface area contributed by atoms with Gasteiger partial charge in [-0.3, -0.25) is 0 Å². The average Bonchev–Trinajstić information content (AvgIpc) is 3.41. The Kier molecular flexibility index (Phi) is 5.79. The van der Waals surface area contributed by atoms with Crippen LogP contribution in [0.2, 0.25) is 5.02 Å². The van der Waals surface area contributed by atoms with Gasteiger partial charge in [0.05, 0.1) is 18.4 Å². The third-order valence-corrected chi connectivity index (χ3v) is 4.30. The highest BCUT2D eigenvalue weighted by Crippen LogP contribution is 2.46. The predicted octanol–water partition coefficient (Wildman–Crippen LogP) is 5.90. The molecule has 0 aliphatic heterocycles. The van der Waals surface area contributed by atoms with Crippen molar-refractivity contribution in [3.63, 3.8) is 0 Å². The van der Waals surface area contributed by atoms with Crippen LogP contribution in [0.1, 0.15) is 62.4 Å². The molecule has 3 rings (SSSR count). The van der Waals surface area contributed by atoms with Crippen molar-refractivity contribution in [3.05, 3.63) is 46.4 Å². The summed E-state index contributed by atoms with van der Waals surface area (Å²) in [5, 5.41) is 0.304. The van der Waals surface area contributed by atoms with Crippen LogP contribution in [-0.4, -0.2) is 23.2 Å². The van der Waals surface area contributed by atoms with E-state index in [0.29, 0.717) is 29.0 Å². The Morgan fingerprint density at radius 2 is 2.00 bits per heavy atom. The van der Waals surface area contributed by atoms with Crippen molar-refractivity contribution >= 4 is 17.6 Å². The summed E-state index contributed by atoms with van der Waals surface area (Å²) in [5.74, 6) is -0.148. The Bertz CT molecular complexity index is 891. The summed E-state index contributed by atoms with van der Waals surface area (Å²) in [6.45, 7) is 7.50. The molecule has 0 bridgehead atoms. The second-order valence-electron chi connectivity index (χ2n) is 7.64. The minimum atomic E-state index is -0.705. The van der Waals surface area contributed by atoms with Gasteiger partial charge in [0.15, 0.2) is 0 Å². The summed E-state index contributed by atoms with van der Waals surface area (Å²) in [5.41, 5.74) is -0.0253. The quantitative estimate of drug-likeness (QED) is 0.558. The molecular weight excluding hydrogens is 385 g/mol. The van der Waals surface area contributed by atoms with Crippen LogP contribution in [-0.2, 0) is 4.74 Å². The van der Waals surface area contributed by atoms with Crippen LogP contribution in [0.4, 0.5) is 4.39 Å². The normalized spacial score (nSPS) is 13.9. The van der Waals surface area contributed by atoms with E-state index < -0.39 is 17.4 Å². The number of nitrogens with zero attached hydrogens (tertiary/aromatic N) is 1. The molecule has 150 valence electrons. The van der Waals surface area contributed by atoms with Gasteiger partial charge in [0.2, 0.25) is 5.88 Å². The number of pyridine rings is 1. The molecule has 1 aromatic heterocycles. The van der Waals surface area contributed by atoms with Gasteiger partial charge in [-0.05, 0) is 58.1 Å². The summed E-state index contributed by atoms with van der Waals surface area (Å²) < 4.78 is 31.1. The van der Waals surface area contributed by atoms with Gasteiger partial charge >= 0.3 is 5.97 Å². The molecule has 1 saturated carbocycles. The molecule has 0 radical (unpaired) electrons. The highest BCUT2D eigenvalue weighted by Gasteiger charge is 2.31. The van der Waals surface area contributed by atoms with Gasteiger partial charge in [-0.15, -0.1) is 0 Å².